The summed E-state index contributed by atoms with van der Waals surface area (Å²) in [6, 6.07) is 1.06. The van der Waals surface area contributed by atoms with Crippen LogP contribution in [0, 0.1) is 0 Å². The number of nitrogens with two attached hydrogens (primary N) is 2. The van der Waals surface area contributed by atoms with Gasteiger partial charge in [0.2, 0.25) is 5.88 Å². The second kappa shape index (κ2) is 4.23. The fourth-order valence-electron chi connectivity index (χ4n) is 0.909. The maximum Gasteiger partial charge on any atom is 0.574 e. The van der Waals surface area contributed by atoms with Gasteiger partial charge in [0.25, 0.3) is 0 Å². The van der Waals surface area contributed by atoms with E-state index < -0.39 is 12.2 Å². The third-order valence-corrected chi connectivity index (χ3v) is 2.21. The molecule has 0 aliphatic carbocycles. The average Bonchev–Trinajstić information content (AvgIpc) is 1.99. The Morgan fingerprint density at radius 2 is 2.07 bits per heavy atom. The largest absolute Gasteiger partial charge is 0.574 e. The van der Waals surface area contributed by atoms with Crippen molar-refractivity contribution in [3.8, 4) is 5.88 Å². The highest BCUT2D eigenvalue weighted by Crippen LogP contribution is 2.28. The van der Waals surface area contributed by atoms with Crippen molar-refractivity contribution in [1.82, 2.24) is 4.98 Å². The van der Waals surface area contributed by atoms with E-state index in [-0.39, 0.29) is 12.4 Å². The summed E-state index contributed by atoms with van der Waals surface area (Å²) >= 11 is 3.02. The monoisotopic (exact) mass is 285 g/mol. The summed E-state index contributed by atoms with van der Waals surface area (Å²) in [6.45, 7) is 0.0751. The van der Waals surface area contributed by atoms with Crippen LogP contribution in [-0.4, -0.2) is 11.3 Å². The number of rotatable bonds is 2. The van der Waals surface area contributed by atoms with Gasteiger partial charge in [-0.05, 0) is 0 Å². The molecule has 0 fully saturated rings. The zero-order valence-corrected chi connectivity index (χ0v) is 8.89. The molecule has 84 valence electrons. The van der Waals surface area contributed by atoms with Crippen LogP contribution in [0.2, 0.25) is 0 Å². The maximum atomic E-state index is 11.8. The predicted molar refractivity (Wildman–Crippen MR) is 50.9 cm³/mol. The Labute approximate surface area is 91.5 Å². The van der Waals surface area contributed by atoms with Gasteiger partial charge in [-0.15, -0.1) is 13.2 Å². The Kier molecular flexibility index (Phi) is 3.40. The van der Waals surface area contributed by atoms with Gasteiger partial charge in [-0.1, -0.05) is 15.9 Å². The Bertz CT molecular complexity index is 346. The van der Waals surface area contributed by atoms with E-state index in [4.69, 9.17) is 11.5 Å². The van der Waals surface area contributed by atoms with E-state index in [0.717, 1.165) is 6.07 Å². The van der Waals surface area contributed by atoms with Crippen molar-refractivity contribution in [3.63, 3.8) is 0 Å². The minimum atomic E-state index is -4.79. The average molecular weight is 286 g/mol. The van der Waals surface area contributed by atoms with Crippen molar-refractivity contribution in [2.24, 2.45) is 5.73 Å². The van der Waals surface area contributed by atoms with Crippen molar-refractivity contribution >= 4 is 21.7 Å². The van der Waals surface area contributed by atoms with Crippen molar-refractivity contribution in [3.05, 3.63) is 16.1 Å². The zero-order chi connectivity index (χ0) is 11.6. The second-order valence-corrected chi connectivity index (χ2v) is 3.41. The number of halogens is 4. The van der Waals surface area contributed by atoms with Crippen LogP contribution in [0.15, 0.2) is 10.5 Å². The minimum absolute atomic E-state index is 0.0751. The molecule has 0 aliphatic rings. The van der Waals surface area contributed by atoms with Gasteiger partial charge in [-0.2, -0.15) is 4.98 Å². The van der Waals surface area contributed by atoms with Crippen LogP contribution < -0.4 is 16.2 Å². The number of nitrogen functional groups attached to an aromatic ring is 1. The van der Waals surface area contributed by atoms with Crippen molar-refractivity contribution in [2.45, 2.75) is 12.9 Å². The molecular weight excluding hydrogens is 279 g/mol. The minimum Gasteiger partial charge on any atom is -0.388 e. The molecule has 0 amide bonds. The summed E-state index contributed by atoms with van der Waals surface area (Å²) in [6.07, 6.45) is -4.79. The molecule has 15 heavy (non-hydrogen) atoms. The van der Waals surface area contributed by atoms with Gasteiger partial charge in [-0.3, -0.25) is 0 Å². The molecular formula is C7H7BrF3N3O. The van der Waals surface area contributed by atoms with E-state index in [1.807, 2.05) is 0 Å². The topological polar surface area (TPSA) is 74.2 Å². The fraction of sp³-hybridized carbons (Fsp3) is 0.286. The van der Waals surface area contributed by atoms with Crippen LogP contribution in [0.1, 0.15) is 5.56 Å². The van der Waals surface area contributed by atoms with E-state index in [0.29, 0.717) is 10.0 Å². The lowest BCUT2D eigenvalue weighted by Crippen LogP contribution is -2.18. The standard InChI is InChI=1S/C7H7BrF3N3O/c8-4-1-5(15-7(9,10)11)14-6(13)3(4)2-12/h1H,2,12H2,(H2,13,14). The van der Waals surface area contributed by atoms with Crippen LogP contribution >= 0.6 is 15.9 Å². The molecule has 0 bridgehead atoms. The molecule has 4 nitrogen and oxygen atoms in total. The first-order chi connectivity index (χ1) is 6.83. The highest BCUT2D eigenvalue weighted by Gasteiger charge is 2.32. The Hall–Kier alpha value is -1.02. The van der Waals surface area contributed by atoms with Gasteiger partial charge >= 0.3 is 6.36 Å². The second-order valence-electron chi connectivity index (χ2n) is 2.56. The molecule has 0 aromatic carbocycles. The fourth-order valence-corrected chi connectivity index (χ4v) is 1.47. The molecule has 0 spiro atoms. The van der Waals surface area contributed by atoms with Gasteiger partial charge in [0.15, 0.2) is 0 Å². The molecule has 0 aliphatic heterocycles. The first-order valence-electron chi connectivity index (χ1n) is 3.74. The third-order valence-electron chi connectivity index (χ3n) is 1.50. The summed E-state index contributed by atoms with van der Waals surface area (Å²) in [7, 11) is 0. The first kappa shape index (κ1) is 12.1. The molecule has 0 saturated carbocycles. The lowest BCUT2D eigenvalue weighted by Gasteiger charge is -2.11. The lowest BCUT2D eigenvalue weighted by molar-refractivity contribution is -0.276. The summed E-state index contributed by atoms with van der Waals surface area (Å²) in [5.74, 6) is -0.713. The molecule has 8 heteroatoms. The molecule has 0 atom stereocenters. The zero-order valence-electron chi connectivity index (χ0n) is 7.31. The lowest BCUT2D eigenvalue weighted by atomic mass is 10.2. The summed E-state index contributed by atoms with van der Waals surface area (Å²) < 4.78 is 39.5. The highest BCUT2D eigenvalue weighted by molar-refractivity contribution is 9.10. The Morgan fingerprint density at radius 3 is 2.47 bits per heavy atom. The van der Waals surface area contributed by atoms with Gasteiger partial charge in [-0.25, -0.2) is 0 Å². The van der Waals surface area contributed by atoms with Crippen LogP contribution in [0.3, 0.4) is 0 Å². The van der Waals surface area contributed by atoms with Crippen molar-refractivity contribution in [1.29, 1.82) is 0 Å². The van der Waals surface area contributed by atoms with Gasteiger partial charge < -0.3 is 16.2 Å². The summed E-state index contributed by atoms with van der Waals surface area (Å²) in [5, 5.41) is 0. The Balaban J connectivity index is 3.04. The SMILES string of the molecule is NCc1c(Br)cc(OC(F)(F)F)nc1N. The number of hydrogen-bond acceptors (Lipinski definition) is 4. The van der Waals surface area contributed by atoms with Crippen LogP contribution in [0.25, 0.3) is 0 Å². The molecule has 1 aromatic heterocycles. The molecule has 4 N–H and O–H groups in total. The van der Waals surface area contributed by atoms with Gasteiger partial charge in [0.1, 0.15) is 5.82 Å². The molecule has 0 unspecified atom stereocenters. The smallest absolute Gasteiger partial charge is 0.388 e. The van der Waals surface area contributed by atoms with Crippen LogP contribution in [0.5, 0.6) is 5.88 Å². The number of ether oxygens (including phenoxy) is 1. The number of nitrogens with zero attached hydrogens (tertiary/aromatic N) is 1. The van der Waals surface area contributed by atoms with Crippen LogP contribution in [-0.2, 0) is 6.54 Å². The summed E-state index contributed by atoms with van der Waals surface area (Å²) in [4.78, 5) is 3.42. The van der Waals surface area contributed by atoms with E-state index in [1.54, 1.807) is 0 Å². The predicted octanol–water partition coefficient (Wildman–Crippen LogP) is 1.78. The molecule has 1 heterocycles. The molecule has 1 aromatic rings. The van der Waals surface area contributed by atoms with Crippen LogP contribution in [0.4, 0.5) is 19.0 Å². The maximum absolute atomic E-state index is 11.8. The molecule has 0 saturated heterocycles. The van der Waals surface area contributed by atoms with Gasteiger partial charge in [0.05, 0.1) is 0 Å². The van der Waals surface area contributed by atoms with E-state index in [2.05, 4.69) is 25.7 Å². The number of anilines is 1. The Morgan fingerprint density at radius 1 is 1.47 bits per heavy atom. The number of aromatic nitrogens is 1. The first-order valence-corrected chi connectivity index (χ1v) is 4.53. The van der Waals surface area contributed by atoms with E-state index in [1.165, 1.54) is 0 Å². The molecule has 0 radical (unpaired) electrons. The molecule has 1 rings (SSSR count). The highest BCUT2D eigenvalue weighted by atomic mass is 79.9. The van der Waals surface area contributed by atoms with Crippen molar-refractivity contribution < 1.29 is 17.9 Å². The number of hydrogen-bond donors (Lipinski definition) is 2. The van der Waals surface area contributed by atoms with Crippen molar-refractivity contribution in [2.75, 3.05) is 5.73 Å². The number of pyridine rings is 1. The van der Waals surface area contributed by atoms with Gasteiger partial charge in [0, 0.05) is 22.6 Å². The third kappa shape index (κ3) is 3.24. The quantitative estimate of drug-likeness (QED) is 0.869. The van der Waals surface area contributed by atoms with E-state index in [9.17, 15) is 13.2 Å². The number of alkyl halides is 3. The summed E-state index contributed by atoms with van der Waals surface area (Å²) in [5.41, 5.74) is 11.1. The normalized spacial score (nSPS) is 11.5. The van der Waals surface area contributed by atoms with E-state index >= 15 is 0 Å².